The van der Waals surface area contributed by atoms with Crippen molar-refractivity contribution in [1.29, 1.82) is 0 Å². The van der Waals surface area contributed by atoms with Crippen molar-refractivity contribution in [3.63, 3.8) is 0 Å². The number of hydrogen-bond donors (Lipinski definition) is 1. The molecule has 2 aromatic carbocycles. The van der Waals surface area contributed by atoms with Crippen molar-refractivity contribution in [2.24, 2.45) is 0 Å². The Kier molecular flexibility index (Phi) is 6.45. The highest BCUT2D eigenvalue weighted by Gasteiger charge is 2.19. The summed E-state index contributed by atoms with van der Waals surface area (Å²) in [7, 11) is 3.93. The third-order valence-corrected chi connectivity index (χ3v) is 4.97. The van der Waals surface area contributed by atoms with Gasteiger partial charge in [-0.1, -0.05) is 48.5 Å². The average molecular weight is 339 g/mol. The predicted molar refractivity (Wildman–Crippen MR) is 103 cm³/mol. The van der Waals surface area contributed by atoms with E-state index in [1.807, 2.05) is 12.1 Å². The molecule has 1 fully saturated rings. The van der Waals surface area contributed by atoms with Crippen molar-refractivity contribution >= 4 is 0 Å². The van der Waals surface area contributed by atoms with E-state index in [4.69, 9.17) is 4.74 Å². The molecule has 3 rings (SSSR count). The van der Waals surface area contributed by atoms with Gasteiger partial charge in [0.1, 0.15) is 5.75 Å². The summed E-state index contributed by atoms with van der Waals surface area (Å²) in [5.74, 6) is 0.946. The van der Waals surface area contributed by atoms with Crippen LogP contribution in [0.4, 0.5) is 0 Å². The molecule has 1 atom stereocenters. The zero-order valence-corrected chi connectivity index (χ0v) is 15.3. The summed E-state index contributed by atoms with van der Waals surface area (Å²) in [6.07, 6.45) is 0. The third kappa shape index (κ3) is 5.05. The fourth-order valence-corrected chi connectivity index (χ4v) is 3.34. The number of rotatable bonds is 7. The lowest BCUT2D eigenvalue weighted by atomic mass is 10.1. The molecule has 25 heavy (non-hydrogen) atoms. The second-order valence-electron chi connectivity index (χ2n) is 6.76. The molecule has 4 nitrogen and oxygen atoms in total. The van der Waals surface area contributed by atoms with Gasteiger partial charge in [-0.2, -0.15) is 0 Å². The number of hydrogen-bond acceptors (Lipinski definition) is 4. The van der Waals surface area contributed by atoms with Gasteiger partial charge >= 0.3 is 0 Å². The highest BCUT2D eigenvalue weighted by Crippen LogP contribution is 2.20. The molecule has 1 N–H and O–H groups in total. The molecule has 0 radical (unpaired) electrons. The van der Waals surface area contributed by atoms with Crippen molar-refractivity contribution in [1.82, 2.24) is 15.1 Å². The minimum atomic E-state index is 0.314. The number of piperazine rings is 1. The summed E-state index contributed by atoms with van der Waals surface area (Å²) in [6.45, 7) is 6.40. The summed E-state index contributed by atoms with van der Waals surface area (Å²) in [6, 6.07) is 19.3. The normalized spacial score (nSPS) is 17.4. The van der Waals surface area contributed by atoms with Gasteiger partial charge in [0.2, 0.25) is 0 Å². The summed E-state index contributed by atoms with van der Waals surface area (Å²) in [5, 5.41) is 3.75. The number of nitrogens with zero attached hydrogens (tertiary/aromatic N) is 2. The first-order valence-corrected chi connectivity index (χ1v) is 9.07. The molecule has 4 heteroatoms. The highest BCUT2D eigenvalue weighted by molar-refractivity contribution is 5.33. The second kappa shape index (κ2) is 8.99. The quantitative estimate of drug-likeness (QED) is 0.839. The van der Waals surface area contributed by atoms with Gasteiger partial charge in [-0.25, -0.2) is 0 Å². The zero-order valence-electron chi connectivity index (χ0n) is 15.3. The van der Waals surface area contributed by atoms with Crippen LogP contribution in [0.2, 0.25) is 0 Å². The van der Waals surface area contributed by atoms with Gasteiger partial charge < -0.3 is 15.0 Å². The Hall–Kier alpha value is -1.88. The van der Waals surface area contributed by atoms with Gasteiger partial charge in [-0.05, 0) is 18.7 Å². The van der Waals surface area contributed by atoms with E-state index in [0.717, 1.165) is 45.0 Å². The molecular weight excluding hydrogens is 310 g/mol. The van der Waals surface area contributed by atoms with E-state index in [1.54, 1.807) is 7.11 Å². The van der Waals surface area contributed by atoms with Gasteiger partial charge in [0.05, 0.1) is 7.11 Å². The predicted octanol–water partition coefficient (Wildman–Crippen LogP) is 2.77. The van der Waals surface area contributed by atoms with Crippen LogP contribution < -0.4 is 10.1 Å². The molecule has 0 aromatic heterocycles. The van der Waals surface area contributed by atoms with Gasteiger partial charge in [0.15, 0.2) is 0 Å². The van der Waals surface area contributed by atoms with Crippen molar-refractivity contribution in [2.45, 2.75) is 12.6 Å². The number of benzene rings is 2. The van der Waals surface area contributed by atoms with Gasteiger partial charge in [0, 0.05) is 50.9 Å². The largest absolute Gasteiger partial charge is 0.496 e. The lowest BCUT2D eigenvalue weighted by Gasteiger charge is -2.35. The van der Waals surface area contributed by atoms with E-state index < -0.39 is 0 Å². The summed E-state index contributed by atoms with van der Waals surface area (Å²) in [5.41, 5.74) is 2.54. The molecule has 0 amide bonds. The van der Waals surface area contributed by atoms with Crippen LogP contribution in [0.1, 0.15) is 17.2 Å². The zero-order chi connectivity index (χ0) is 17.5. The molecule has 2 aromatic rings. The first kappa shape index (κ1) is 17.9. The Bertz CT molecular complexity index is 639. The standard InChI is InChI=1S/C21H29N3O/c1-23-12-14-24(15-13-23)17-20(18-8-4-3-5-9-18)22-16-19-10-6-7-11-21(19)25-2/h3-11,20,22H,12-17H2,1-2H3/t20-/m0/s1. The summed E-state index contributed by atoms with van der Waals surface area (Å²) < 4.78 is 5.49. The Labute approximate surface area is 151 Å². The van der Waals surface area contributed by atoms with E-state index in [-0.39, 0.29) is 0 Å². The van der Waals surface area contributed by atoms with Crippen molar-refractivity contribution in [2.75, 3.05) is 46.9 Å². The van der Waals surface area contributed by atoms with Crippen LogP contribution >= 0.6 is 0 Å². The van der Waals surface area contributed by atoms with E-state index in [1.165, 1.54) is 11.1 Å². The van der Waals surface area contributed by atoms with Crippen LogP contribution in [0.5, 0.6) is 5.75 Å². The topological polar surface area (TPSA) is 27.7 Å². The van der Waals surface area contributed by atoms with E-state index in [0.29, 0.717) is 6.04 Å². The lowest BCUT2D eigenvalue weighted by Crippen LogP contribution is -2.47. The van der Waals surface area contributed by atoms with Crippen molar-refractivity contribution in [3.8, 4) is 5.75 Å². The monoisotopic (exact) mass is 339 g/mol. The Balaban J connectivity index is 1.68. The maximum Gasteiger partial charge on any atom is 0.123 e. The Morgan fingerprint density at radius 1 is 0.960 bits per heavy atom. The second-order valence-corrected chi connectivity index (χ2v) is 6.76. The van der Waals surface area contributed by atoms with E-state index >= 15 is 0 Å². The van der Waals surface area contributed by atoms with Gasteiger partial charge in [-0.3, -0.25) is 4.90 Å². The fourth-order valence-electron chi connectivity index (χ4n) is 3.34. The molecule has 1 aliphatic rings. The molecule has 0 aliphatic carbocycles. The number of para-hydroxylation sites is 1. The Morgan fingerprint density at radius 2 is 1.64 bits per heavy atom. The maximum absolute atomic E-state index is 5.49. The van der Waals surface area contributed by atoms with E-state index in [9.17, 15) is 0 Å². The molecule has 134 valence electrons. The molecule has 1 heterocycles. The van der Waals surface area contributed by atoms with Crippen LogP contribution in [0, 0.1) is 0 Å². The van der Waals surface area contributed by atoms with Crippen LogP contribution in [0.25, 0.3) is 0 Å². The number of likely N-dealkylation sites (N-methyl/N-ethyl adjacent to an activating group) is 1. The number of methoxy groups -OCH3 is 1. The molecule has 0 bridgehead atoms. The van der Waals surface area contributed by atoms with E-state index in [2.05, 4.69) is 64.6 Å². The maximum atomic E-state index is 5.49. The molecule has 0 spiro atoms. The van der Waals surface area contributed by atoms with Crippen LogP contribution in [0.3, 0.4) is 0 Å². The summed E-state index contributed by atoms with van der Waals surface area (Å²) >= 11 is 0. The van der Waals surface area contributed by atoms with Gasteiger partial charge in [0.25, 0.3) is 0 Å². The Morgan fingerprint density at radius 3 is 2.36 bits per heavy atom. The smallest absolute Gasteiger partial charge is 0.123 e. The third-order valence-electron chi connectivity index (χ3n) is 4.97. The molecular formula is C21H29N3O. The SMILES string of the molecule is COc1ccccc1CN[C@@H](CN1CCN(C)CC1)c1ccccc1. The molecule has 0 unspecified atom stereocenters. The molecule has 1 saturated heterocycles. The lowest BCUT2D eigenvalue weighted by molar-refractivity contribution is 0.141. The van der Waals surface area contributed by atoms with Crippen molar-refractivity contribution in [3.05, 3.63) is 65.7 Å². The minimum Gasteiger partial charge on any atom is -0.496 e. The van der Waals surface area contributed by atoms with Gasteiger partial charge in [-0.15, -0.1) is 0 Å². The first-order chi connectivity index (χ1) is 12.3. The fraction of sp³-hybridized carbons (Fsp3) is 0.429. The highest BCUT2D eigenvalue weighted by atomic mass is 16.5. The summed E-state index contributed by atoms with van der Waals surface area (Å²) in [4.78, 5) is 4.96. The van der Waals surface area contributed by atoms with Crippen LogP contribution in [-0.2, 0) is 6.54 Å². The number of nitrogens with one attached hydrogen (secondary N) is 1. The minimum absolute atomic E-state index is 0.314. The average Bonchev–Trinajstić information content (AvgIpc) is 2.67. The first-order valence-electron chi connectivity index (χ1n) is 9.07. The van der Waals surface area contributed by atoms with Crippen LogP contribution in [0.15, 0.2) is 54.6 Å². The number of ether oxygens (including phenoxy) is 1. The van der Waals surface area contributed by atoms with Crippen LogP contribution in [-0.4, -0.2) is 56.7 Å². The van der Waals surface area contributed by atoms with Crippen molar-refractivity contribution < 1.29 is 4.74 Å². The molecule has 0 saturated carbocycles. The molecule has 1 aliphatic heterocycles.